The van der Waals surface area contributed by atoms with Crippen molar-refractivity contribution in [3.8, 4) is 11.5 Å². The molecular weight excluding hydrogens is 524 g/mol. The number of benzene rings is 1. The number of aromatic hydroxyl groups is 2. The number of aryl methyl sites for hydroxylation is 1. The van der Waals surface area contributed by atoms with E-state index in [2.05, 4.69) is 22.0 Å². The van der Waals surface area contributed by atoms with Crippen LogP contribution in [-0.2, 0) is 11.2 Å². The number of phenolic OH excluding ortho intramolecular Hbond substituents is 2. The van der Waals surface area contributed by atoms with Crippen LogP contribution in [0.4, 0.5) is 4.79 Å². The van der Waals surface area contributed by atoms with Crippen molar-refractivity contribution in [2.75, 3.05) is 26.2 Å². The van der Waals surface area contributed by atoms with Gasteiger partial charge in [0.2, 0.25) is 5.91 Å². The molecule has 1 unspecified atom stereocenters. The number of urea groups is 1. The van der Waals surface area contributed by atoms with E-state index in [1.54, 1.807) is 11.0 Å². The van der Waals surface area contributed by atoms with Gasteiger partial charge in [0.05, 0.1) is 0 Å². The number of amides is 3. The number of nitrogens with two attached hydrogens (primary N) is 2. The number of fused-ring (bicyclic) bond motifs is 1. The van der Waals surface area contributed by atoms with Crippen molar-refractivity contribution in [2.45, 2.75) is 57.3 Å². The quantitative estimate of drug-likeness (QED) is 0.412. The van der Waals surface area contributed by atoms with Gasteiger partial charge in [0, 0.05) is 54.9 Å². The van der Waals surface area contributed by atoms with Crippen molar-refractivity contribution in [2.24, 2.45) is 23.3 Å². The fraction of sp³-hybridized carbons (Fsp3) is 0.556. The number of hydrogen-bond donors (Lipinski definition) is 4. The van der Waals surface area contributed by atoms with Crippen LogP contribution in [0.3, 0.4) is 0 Å². The first kappa shape index (κ1) is 26.4. The minimum atomic E-state index is -0.382. The summed E-state index contributed by atoms with van der Waals surface area (Å²) in [6, 6.07) is 2.84. The lowest BCUT2D eigenvalue weighted by atomic mass is 9.76. The van der Waals surface area contributed by atoms with Crippen LogP contribution in [0.25, 0.3) is 0 Å². The Morgan fingerprint density at radius 3 is 2.33 bits per heavy atom. The molecule has 2 saturated heterocycles. The molecule has 4 rings (SSSR count). The zero-order valence-corrected chi connectivity index (χ0v) is 22.3. The van der Waals surface area contributed by atoms with Crippen LogP contribution in [0.15, 0.2) is 34.5 Å². The monoisotopic (exact) mass is 560 g/mol. The summed E-state index contributed by atoms with van der Waals surface area (Å²) in [7, 11) is 0. The van der Waals surface area contributed by atoms with E-state index in [0.29, 0.717) is 44.4 Å². The second-order valence-electron chi connectivity index (χ2n) is 10.4. The van der Waals surface area contributed by atoms with Crippen molar-refractivity contribution in [1.82, 2.24) is 9.80 Å². The van der Waals surface area contributed by atoms with Gasteiger partial charge in [-0.15, -0.1) is 0 Å². The first-order chi connectivity index (χ1) is 17.2. The topological polar surface area (TPSA) is 133 Å². The van der Waals surface area contributed by atoms with Crippen molar-refractivity contribution < 1.29 is 19.8 Å². The van der Waals surface area contributed by atoms with Gasteiger partial charge in [-0.25, -0.2) is 4.79 Å². The molecule has 0 radical (unpaired) electrons. The van der Waals surface area contributed by atoms with Crippen LogP contribution in [0.1, 0.15) is 62.0 Å². The maximum Gasteiger partial charge on any atom is 0.314 e. The highest BCUT2D eigenvalue weighted by Gasteiger charge is 2.35. The van der Waals surface area contributed by atoms with E-state index in [9.17, 15) is 19.8 Å². The van der Waals surface area contributed by atoms with E-state index in [1.807, 2.05) is 4.90 Å². The number of halogens is 1. The number of phenols is 2. The first-order valence-electron chi connectivity index (χ1n) is 12.9. The zero-order chi connectivity index (χ0) is 25.8. The van der Waals surface area contributed by atoms with E-state index in [4.69, 9.17) is 11.5 Å². The molecule has 0 spiro atoms. The summed E-state index contributed by atoms with van der Waals surface area (Å²) in [4.78, 5) is 28.0. The average Bonchev–Trinajstić information content (AvgIpc) is 3.04. The molecule has 8 nitrogen and oxygen atoms in total. The predicted octanol–water partition coefficient (Wildman–Crippen LogP) is 4.06. The Hall–Kier alpha value is -2.68. The predicted molar refractivity (Wildman–Crippen MR) is 143 cm³/mol. The number of carbonyl (C=O) groups is 2. The first-order valence-corrected chi connectivity index (χ1v) is 13.7. The minimum Gasteiger partial charge on any atom is -0.508 e. The number of allylic oxidation sites excluding steroid dienone is 3. The molecule has 2 heterocycles. The Morgan fingerprint density at radius 2 is 1.69 bits per heavy atom. The Kier molecular flexibility index (Phi) is 8.49. The maximum absolute atomic E-state index is 13.0. The SMILES string of the molecule is N/C=C(Br)\C=C1\CCc2cc(O)cc(O)c2C(C2CCN(C(=O)CC3CCN(C(N)=O)CC3)CC2)C1. The van der Waals surface area contributed by atoms with Gasteiger partial charge in [0.25, 0.3) is 0 Å². The summed E-state index contributed by atoms with van der Waals surface area (Å²) >= 11 is 3.49. The van der Waals surface area contributed by atoms with Gasteiger partial charge in [-0.05, 0) is 96.3 Å². The Labute approximate surface area is 221 Å². The van der Waals surface area contributed by atoms with E-state index >= 15 is 0 Å². The number of rotatable bonds is 4. The minimum absolute atomic E-state index is 0.0857. The summed E-state index contributed by atoms with van der Waals surface area (Å²) < 4.78 is 0.830. The van der Waals surface area contributed by atoms with Crippen molar-refractivity contribution in [3.63, 3.8) is 0 Å². The van der Waals surface area contributed by atoms with Crippen LogP contribution in [0.2, 0.25) is 0 Å². The molecule has 0 bridgehead atoms. The number of piperidine rings is 2. The molecule has 3 aliphatic rings. The second-order valence-corrected chi connectivity index (χ2v) is 11.3. The highest BCUT2D eigenvalue weighted by atomic mass is 79.9. The van der Waals surface area contributed by atoms with Gasteiger partial charge in [0.15, 0.2) is 0 Å². The molecule has 2 fully saturated rings. The lowest BCUT2D eigenvalue weighted by Crippen LogP contribution is -2.44. The molecular formula is C27H37BrN4O4. The maximum atomic E-state index is 13.0. The van der Waals surface area contributed by atoms with Crippen LogP contribution in [0.5, 0.6) is 11.5 Å². The number of hydrogen-bond acceptors (Lipinski definition) is 5. The lowest BCUT2D eigenvalue weighted by molar-refractivity contribution is -0.134. The molecule has 1 aliphatic carbocycles. The molecule has 196 valence electrons. The normalized spacial score (nSPS) is 23.4. The van der Waals surface area contributed by atoms with Crippen molar-refractivity contribution >= 4 is 27.9 Å². The highest BCUT2D eigenvalue weighted by Crippen LogP contribution is 2.47. The third-order valence-electron chi connectivity index (χ3n) is 8.15. The number of primary amides is 1. The van der Waals surface area contributed by atoms with Gasteiger partial charge >= 0.3 is 6.03 Å². The van der Waals surface area contributed by atoms with Gasteiger partial charge in [0.1, 0.15) is 11.5 Å². The van der Waals surface area contributed by atoms with Crippen LogP contribution < -0.4 is 11.5 Å². The largest absolute Gasteiger partial charge is 0.508 e. The van der Waals surface area contributed by atoms with Crippen LogP contribution in [0, 0.1) is 11.8 Å². The smallest absolute Gasteiger partial charge is 0.314 e. The van der Waals surface area contributed by atoms with Gasteiger partial charge in [-0.3, -0.25) is 4.79 Å². The van der Waals surface area contributed by atoms with Crippen molar-refractivity contribution in [3.05, 3.63) is 45.6 Å². The molecule has 0 aromatic heterocycles. The Bertz CT molecular complexity index is 1040. The Balaban J connectivity index is 1.43. The molecule has 9 heteroatoms. The fourth-order valence-electron chi connectivity index (χ4n) is 6.16. The molecule has 0 saturated carbocycles. The summed E-state index contributed by atoms with van der Waals surface area (Å²) in [5, 5.41) is 20.9. The summed E-state index contributed by atoms with van der Waals surface area (Å²) in [6.07, 6.45) is 9.90. The summed E-state index contributed by atoms with van der Waals surface area (Å²) in [5.41, 5.74) is 14.2. The average molecular weight is 562 g/mol. The van der Waals surface area contributed by atoms with E-state index in [0.717, 1.165) is 60.6 Å². The van der Waals surface area contributed by atoms with Crippen molar-refractivity contribution in [1.29, 1.82) is 0 Å². The van der Waals surface area contributed by atoms with E-state index < -0.39 is 0 Å². The molecule has 1 atom stereocenters. The zero-order valence-electron chi connectivity index (χ0n) is 20.7. The van der Waals surface area contributed by atoms with E-state index in [1.165, 1.54) is 17.8 Å². The third kappa shape index (κ3) is 6.17. The number of nitrogens with zero attached hydrogens (tertiary/aromatic N) is 2. The van der Waals surface area contributed by atoms with Crippen LogP contribution >= 0.6 is 15.9 Å². The fourth-order valence-corrected chi connectivity index (χ4v) is 6.48. The Morgan fingerprint density at radius 1 is 1.03 bits per heavy atom. The molecule has 3 amide bonds. The van der Waals surface area contributed by atoms with Crippen LogP contribution in [-0.4, -0.2) is 58.1 Å². The van der Waals surface area contributed by atoms with Gasteiger partial charge < -0.3 is 31.5 Å². The molecule has 1 aromatic carbocycles. The second kappa shape index (κ2) is 11.6. The summed E-state index contributed by atoms with van der Waals surface area (Å²) in [6.45, 7) is 2.67. The van der Waals surface area contributed by atoms with Gasteiger partial charge in [-0.1, -0.05) is 5.57 Å². The lowest BCUT2D eigenvalue weighted by Gasteiger charge is -2.38. The highest BCUT2D eigenvalue weighted by molar-refractivity contribution is 9.11. The molecule has 1 aromatic rings. The molecule has 36 heavy (non-hydrogen) atoms. The number of carbonyl (C=O) groups excluding carboxylic acids is 2. The molecule has 2 aliphatic heterocycles. The summed E-state index contributed by atoms with van der Waals surface area (Å²) in [5.74, 6) is 1.17. The third-order valence-corrected chi connectivity index (χ3v) is 8.64. The number of likely N-dealkylation sites (tertiary alicyclic amines) is 2. The van der Waals surface area contributed by atoms with Gasteiger partial charge in [-0.2, -0.15) is 0 Å². The molecule has 6 N–H and O–H groups in total. The standard InChI is InChI=1S/C27H37BrN4O4/c28-21(16-29)11-18-1-2-20-14-22(33)15-24(34)26(20)23(12-18)19-5-9-31(10-6-19)25(35)13-17-3-7-32(8-4-17)27(30)36/h11,14-17,19,23,33-34H,1-10,12-13,29H2,(H2,30,36)/b18-11-,21-16+. The van der Waals surface area contributed by atoms with E-state index in [-0.39, 0.29) is 29.4 Å².